The standard InChI is InChI=1S/C26H20ClF3N2O/c27-17-11-9-15(10-12-17)16-13-22-24(23(33)14-16)25(32-21-8-4-3-7-20(21)31-22)18-5-1-2-6-19(18)26(28,29)30/h1-12,16,25,31-32H,13-14H2/t16-,25-/m1/s1. The topological polar surface area (TPSA) is 41.1 Å². The van der Waals surface area contributed by atoms with Crippen LogP contribution < -0.4 is 10.6 Å². The number of para-hydroxylation sites is 2. The monoisotopic (exact) mass is 468 g/mol. The van der Waals surface area contributed by atoms with Gasteiger partial charge in [0.15, 0.2) is 5.78 Å². The van der Waals surface area contributed by atoms with Crippen molar-refractivity contribution in [2.24, 2.45) is 0 Å². The van der Waals surface area contributed by atoms with Gasteiger partial charge >= 0.3 is 6.18 Å². The summed E-state index contributed by atoms with van der Waals surface area (Å²) in [4.78, 5) is 13.5. The Labute approximate surface area is 194 Å². The van der Waals surface area contributed by atoms with Crippen molar-refractivity contribution in [2.45, 2.75) is 31.0 Å². The number of carbonyl (C=O) groups is 1. The van der Waals surface area contributed by atoms with E-state index in [4.69, 9.17) is 11.6 Å². The number of anilines is 2. The smallest absolute Gasteiger partial charge is 0.372 e. The Balaban J connectivity index is 1.65. The van der Waals surface area contributed by atoms with Crippen LogP contribution in [-0.2, 0) is 11.0 Å². The van der Waals surface area contributed by atoms with Crippen LogP contribution in [0.1, 0.15) is 41.5 Å². The molecular formula is C26H20ClF3N2O. The maximum Gasteiger partial charge on any atom is 0.416 e. The van der Waals surface area contributed by atoms with E-state index in [9.17, 15) is 18.0 Å². The largest absolute Gasteiger partial charge is 0.416 e. The number of allylic oxidation sites excluding steroid dienone is 1. The van der Waals surface area contributed by atoms with E-state index in [0.717, 1.165) is 17.3 Å². The minimum atomic E-state index is -4.54. The van der Waals surface area contributed by atoms with Crippen LogP contribution in [0.4, 0.5) is 24.5 Å². The molecule has 3 aromatic carbocycles. The van der Waals surface area contributed by atoms with Crippen molar-refractivity contribution in [1.82, 2.24) is 0 Å². The van der Waals surface area contributed by atoms with Crippen molar-refractivity contribution in [3.63, 3.8) is 0 Å². The lowest BCUT2D eigenvalue weighted by molar-refractivity contribution is -0.138. The summed E-state index contributed by atoms with van der Waals surface area (Å²) in [5.41, 5.74) is 2.62. The fourth-order valence-corrected chi connectivity index (χ4v) is 4.83. The number of nitrogens with one attached hydrogen (secondary N) is 2. The maximum absolute atomic E-state index is 13.9. The molecule has 5 rings (SSSR count). The van der Waals surface area contributed by atoms with Gasteiger partial charge in [-0.1, -0.05) is 54.1 Å². The molecule has 1 aliphatic heterocycles. The van der Waals surface area contributed by atoms with Crippen LogP contribution in [0.15, 0.2) is 84.1 Å². The highest BCUT2D eigenvalue weighted by Gasteiger charge is 2.40. The van der Waals surface area contributed by atoms with E-state index < -0.39 is 17.8 Å². The zero-order valence-corrected chi connectivity index (χ0v) is 18.2. The Morgan fingerprint density at radius 3 is 2.24 bits per heavy atom. The summed E-state index contributed by atoms with van der Waals surface area (Å²) in [6, 6.07) is 19.2. The number of hydrogen-bond donors (Lipinski definition) is 2. The average molecular weight is 469 g/mol. The second kappa shape index (κ2) is 8.27. The number of carbonyl (C=O) groups excluding carboxylic acids is 1. The summed E-state index contributed by atoms with van der Waals surface area (Å²) in [6.45, 7) is 0. The first kappa shape index (κ1) is 21.6. The Hall–Kier alpha value is -3.25. The summed E-state index contributed by atoms with van der Waals surface area (Å²) >= 11 is 6.02. The Morgan fingerprint density at radius 2 is 1.52 bits per heavy atom. The van der Waals surface area contributed by atoms with E-state index >= 15 is 0 Å². The van der Waals surface area contributed by atoms with Crippen molar-refractivity contribution < 1.29 is 18.0 Å². The molecule has 0 aromatic heterocycles. The predicted octanol–water partition coefficient (Wildman–Crippen LogP) is 7.34. The molecule has 1 aliphatic carbocycles. The lowest BCUT2D eigenvalue weighted by atomic mass is 9.78. The molecule has 2 atom stereocenters. The van der Waals surface area contributed by atoms with Gasteiger partial charge in [-0.2, -0.15) is 13.2 Å². The highest BCUT2D eigenvalue weighted by atomic mass is 35.5. The fourth-order valence-electron chi connectivity index (χ4n) is 4.70. The van der Waals surface area contributed by atoms with Crippen molar-refractivity contribution in [2.75, 3.05) is 10.6 Å². The molecule has 3 aromatic rings. The lowest BCUT2D eigenvalue weighted by Gasteiger charge is -2.31. The van der Waals surface area contributed by atoms with Gasteiger partial charge in [-0.3, -0.25) is 4.79 Å². The molecular weight excluding hydrogens is 449 g/mol. The van der Waals surface area contributed by atoms with Crippen LogP contribution >= 0.6 is 11.6 Å². The molecule has 0 amide bonds. The Kier molecular flexibility index (Phi) is 5.41. The fraction of sp³-hybridized carbons (Fsp3) is 0.192. The molecule has 0 fully saturated rings. The van der Waals surface area contributed by atoms with Crippen LogP contribution in [0.2, 0.25) is 5.02 Å². The van der Waals surface area contributed by atoms with Gasteiger partial charge in [0.1, 0.15) is 0 Å². The molecule has 0 radical (unpaired) electrons. The number of ketones is 1. The third-order valence-electron chi connectivity index (χ3n) is 6.23. The second-order valence-electron chi connectivity index (χ2n) is 8.31. The normalized spacial score (nSPS) is 20.3. The minimum absolute atomic E-state index is 0.0364. The van der Waals surface area contributed by atoms with Gasteiger partial charge in [0.05, 0.1) is 23.0 Å². The molecule has 1 heterocycles. The van der Waals surface area contributed by atoms with Gasteiger partial charge < -0.3 is 10.6 Å². The summed E-state index contributed by atoms with van der Waals surface area (Å²) in [6.07, 6.45) is -3.82. The molecule has 0 saturated heterocycles. The third-order valence-corrected chi connectivity index (χ3v) is 6.48. The number of Topliss-reactive ketones (excluding diaryl/α,β-unsaturated/α-hetero) is 1. The molecule has 168 valence electrons. The quantitative estimate of drug-likeness (QED) is 0.413. The van der Waals surface area contributed by atoms with Crippen molar-refractivity contribution >= 4 is 28.8 Å². The predicted molar refractivity (Wildman–Crippen MR) is 123 cm³/mol. The van der Waals surface area contributed by atoms with E-state index in [-0.39, 0.29) is 23.7 Å². The van der Waals surface area contributed by atoms with E-state index in [1.54, 1.807) is 24.3 Å². The van der Waals surface area contributed by atoms with E-state index in [1.807, 2.05) is 30.3 Å². The highest BCUT2D eigenvalue weighted by molar-refractivity contribution is 6.30. The first-order valence-electron chi connectivity index (χ1n) is 10.6. The van der Waals surface area contributed by atoms with Crippen LogP contribution in [0.3, 0.4) is 0 Å². The second-order valence-corrected chi connectivity index (χ2v) is 8.74. The number of benzene rings is 3. The van der Waals surface area contributed by atoms with Crippen LogP contribution in [0.5, 0.6) is 0 Å². The Bertz CT molecular complexity index is 1250. The van der Waals surface area contributed by atoms with Crippen LogP contribution in [0, 0.1) is 0 Å². The van der Waals surface area contributed by atoms with Gasteiger partial charge in [-0.15, -0.1) is 0 Å². The first-order valence-corrected chi connectivity index (χ1v) is 11.0. The number of fused-ring (bicyclic) bond motifs is 1. The molecule has 2 aliphatic rings. The zero-order valence-electron chi connectivity index (χ0n) is 17.4. The summed E-state index contributed by atoms with van der Waals surface area (Å²) < 4.78 is 41.6. The molecule has 3 nitrogen and oxygen atoms in total. The molecule has 0 saturated carbocycles. The maximum atomic E-state index is 13.9. The van der Waals surface area contributed by atoms with Gasteiger partial charge in [-0.05, 0) is 53.8 Å². The first-order chi connectivity index (χ1) is 15.8. The number of rotatable bonds is 2. The van der Waals surface area contributed by atoms with Crippen LogP contribution in [0.25, 0.3) is 0 Å². The average Bonchev–Trinajstić information content (AvgIpc) is 2.96. The van der Waals surface area contributed by atoms with Gasteiger partial charge in [0.2, 0.25) is 0 Å². The molecule has 33 heavy (non-hydrogen) atoms. The van der Waals surface area contributed by atoms with Crippen molar-refractivity contribution in [3.05, 3.63) is 106 Å². The van der Waals surface area contributed by atoms with Gasteiger partial charge in [0.25, 0.3) is 0 Å². The molecule has 0 bridgehead atoms. The number of hydrogen-bond acceptors (Lipinski definition) is 3. The summed E-state index contributed by atoms with van der Waals surface area (Å²) in [5.74, 6) is -0.268. The SMILES string of the molecule is O=C1C[C@H](c2ccc(Cl)cc2)CC2=C1[C@@H](c1ccccc1C(F)(F)F)Nc1ccccc1N2. The number of halogens is 4. The third kappa shape index (κ3) is 4.11. The zero-order chi connectivity index (χ0) is 23.2. The summed E-state index contributed by atoms with van der Waals surface area (Å²) in [5, 5.41) is 7.18. The van der Waals surface area contributed by atoms with E-state index in [2.05, 4.69) is 10.6 Å². The van der Waals surface area contributed by atoms with Crippen molar-refractivity contribution in [3.8, 4) is 0 Å². The van der Waals surface area contributed by atoms with Gasteiger partial charge in [-0.25, -0.2) is 0 Å². The Morgan fingerprint density at radius 1 is 0.848 bits per heavy atom. The van der Waals surface area contributed by atoms with Crippen LogP contribution in [-0.4, -0.2) is 5.78 Å². The molecule has 2 N–H and O–H groups in total. The molecule has 0 spiro atoms. The molecule has 0 unspecified atom stereocenters. The minimum Gasteiger partial charge on any atom is -0.372 e. The summed E-state index contributed by atoms with van der Waals surface area (Å²) in [7, 11) is 0. The highest BCUT2D eigenvalue weighted by Crippen LogP contribution is 2.46. The van der Waals surface area contributed by atoms with Crippen molar-refractivity contribution in [1.29, 1.82) is 0 Å². The van der Waals surface area contributed by atoms with E-state index in [0.29, 0.717) is 28.4 Å². The number of alkyl halides is 3. The lowest BCUT2D eigenvalue weighted by Crippen LogP contribution is -2.28. The molecule has 7 heteroatoms. The van der Waals surface area contributed by atoms with Gasteiger partial charge in [0, 0.05) is 22.7 Å². The van der Waals surface area contributed by atoms with E-state index in [1.165, 1.54) is 12.1 Å².